The Balaban J connectivity index is 1.83. The number of fused-ring (bicyclic) bond motifs is 3. The second-order valence-electron chi connectivity index (χ2n) is 8.30. The van der Waals surface area contributed by atoms with E-state index in [4.69, 9.17) is 21.3 Å². The monoisotopic (exact) mass is 529 g/mol. The van der Waals surface area contributed by atoms with Gasteiger partial charge in [-0.05, 0) is 49.8 Å². The summed E-state index contributed by atoms with van der Waals surface area (Å²) in [6.45, 7) is 7.16. The van der Waals surface area contributed by atoms with Crippen molar-refractivity contribution >= 4 is 35.0 Å². The summed E-state index contributed by atoms with van der Waals surface area (Å²) in [5.41, 5.74) is 2.27. The lowest BCUT2D eigenvalue weighted by molar-refractivity contribution is -0.140. The summed E-state index contributed by atoms with van der Waals surface area (Å²) in [5, 5.41) is 10.2. The Morgan fingerprint density at radius 3 is 2.67 bits per heavy atom. The van der Waals surface area contributed by atoms with Gasteiger partial charge in [-0.1, -0.05) is 49.3 Å². The molecule has 2 heterocycles. The highest BCUT2D eigenvalue weighted by Crippen LogP contribution is 2.36. The highest BCUT2D eigenvalue weighted by molar-refractivity contribution is 7.99. The van der Waals surface area contributed by atoms with Crippen molar-refractivity contribution in [1.82, 2.24) is 19.7 Å². The summed E-state index contributed by atoms with van der Waals surface area (Å²) < 4.78 is 21.8. The Morgan fingerprint density at radius 2 is 1.94 bits per heavy atom. The number of ether oxygens (including phenoxy) is 1. The van der Waals surface area contributed by atoms with Gasteiger partial charge in [0.25, 0.3) is 0 Å². The van der Waals surface area contributed by atoms with Gasteiger partial charge in [-0.3, -0.25) is 14.4 Å². The number of hydrogen-bond donors (Lipinski definition) is 0. The second-order valence-corrected chi connectivity index (χ2v) is 9.80. The normalized spacial score (nSPS) is 14.7. The average molecular weight is 530 g/mol. The predicted octanol–water partition coefficient (Wildman–Crippen LogP) is 5.34. The van der Waals surface area contributed by atoms with Crippen molar-refractivity contribution in [3.05, 3.63) is 70.3 Å². The van der Waals surface area contributed by atoms with Gasteiger partial charge in [-0.2, -0.15) is 0 Å². The standard InChI is InChI=1S/C26H29ClFN5O2S/c1-4-32(5-2)14-15-36-26-31-30-25-21(11-13-23(34)35-3)29-24(18-8-6-7-9-20(18)28)19-16-17(27)10-12-22(19)33(25)26/h6-10,12,16,21H,4-5,11,13-15H2,1-3H3/t21-/m0/s1. The Bertz CT molecular complexity index is 1260. The first-order valence-electron chi connectivity index (χ1n) is 12.0. The van der Waals surface area contributed by atoms with Crippen LogP contribution in [0.5, 0.6) is 0 Å². The summed E-state index contributed by atoms with van der Waals surface area (Å²) >= 11 is 8.02. The van der Waals surface area contributed by atoms with Gasteiger partial charge in [0, 0.05) is 34.9 Å². The molecule has 2 aromatic carbocycles. The van der Waals surface area contributed by atoms with Gasteiger partial charge in [0.05, 0.1) is 18.5 Å². The molecule has 1 aliphatic heterocycles. The van der Waals surface area contributed by atoms with E-state index >= 15 is 4.39 Å². The van der Waals surface area contributed by atoms with Gasteiger partial charge >= 0.3 is 5.97 Å². The SMILES string of the molecule is CCN(CC)CCSc1nnc2n1-c1ccc(Cl)cc1C(c1ccccc1F)=N[C@H]2CCC(=O)OC. The molecular weight excluding hydrogens is 501 g/mol. The molecule has 0 spiro atoms. The van der Waals surface area contributed by atoms with Crippen molar-refractivity contribution in [2.45, 2.75) is 37.9 Å². The molecule has 190 valence electrons. The Kier molecular flexibility index (Phi) is 8.77. The number of aromatic nitrogens is 3. The summed E-state index contributed by atoms with van der Waals surface area (Å²) in [5.74, 6) is 0.693. The number of aliphatic imine (C=N–C) groups is 1. The van der Waals surface area contributed by atoms with E-state index in [-0.39, 0.29) is 18.2 Å². The number of methoxy groups -OCH3 is 1. The number of carbonyl (C=O) groups excluding carboxylic acids is 1. The molecule has 0 radical (unpaired) electrons. The summed E-state index contributed by atoms with van der Waals surface area (Å²) in [6.07, 6.45) is 0.484. The number of carbonyl (C=O) groups is 1. The minimum Gasteiger partial charge on any atom is -0.469 e. The van der Waals surface area contributed by atoms with E-state index in [1.54, 1.807) is 42.1 Å². The fraction of sp³-hybridized carbons (Fsp3) is 0.385. The van der Waals surface area contributed by atoms with Gasteiger partial charge in [0.15, 0.2) is 11.0 Å². The van der Waals surface area contributed by atoms with Crippen LogP contribution in [0.2, 0.25) is 5.02 Å². The molecule has 0 amide bonds. The van der Waals surface area contributed by atoms with E-state index in [1.165, 1.54) is 13.2 Å². The average Bonchev–Trinajstić information content (AvgIpc) is 3.25. The molecule has 7 nitrogen and oxygen atoms in total. The third-order valence-electron chi connectivity index (χ3n) is 6.21. The van der Waals surface area contributed by atoms with Crippen molar-refractivity contribution in [2.24, 2.45) is 4.99 Å². The molecule has 1 aromatic heterocycles. The smallest absolute Gasteiger partial charge is 0.305 e. The van der Waals surface area contributed by atoms with Crippen LogP contribution in [-0.2, 0) is 9.53 Å². The number of thioether (sulfide) groups is 1. The predicted molar refractivity (Wildman–Crippen MR) is 141 cm³/mol. The fourth-order valence-corrected chi connectivity index (χ4v) is 5.34. The summed E-state index contributed by atoms with van der Waals surface area (Å²) in [6, 6.07) is 11.5. The van der Waals surface area contributed by atoms with Crippen LogP contribution in [0, 0.1) is 5.82 Å². The van der Waals surface area contributed by atoms with Crippen molar-refractivity contribution in [3.8, 4) is 5.69 Å². The molecular formula is C26H29ClFN5O2S. The topological polar surface area (TPSA) is 72.6 Å². The largest absolute Gasteiger partial charge is 0.469 e. The van der Waals surface area contributed by atoms with Crippen LogP contribution in [0.1, 0.15) is 49.7 Å². The van der Waals surface area contributed by atoms with Gasteiger partial charge in [-0.25, -0.2) is 4.39 Å². The molecule has 0 bridgehead atoms. The highest BCUT2D eigenvalue weighted by Gasteiger charge is 2.30. The van der Waals surface area contributed by atoms with Crippen LogP contribution < -0.4 is 0 Å². The Morgan fingerprint density at radius 1 is 1.17 bits per heavy atom. The molecule has 10 heteroatoms. The number of nitrogens with zero attached hydrogens (tertiary/aromatic N) is 5. The van der Waals surface area contributed by atoms with E-state index in [2.05, 4.69) is 28.9 Å². The van der Waals surface area contributed by atoms with Crippen molar-refractivity contribution < 1.29 is 13.9 Å². The van der Waals surface area contributed by atoms with Crippen LogP contribution in [-0.4, -0.2) is 63.8 Å². The maximum atomic E-state index is 15.0. The zero-order chi connectivity index (χ0) is 25.7. The zero-order valence-corrected chi connectivity index (χ0v) is 22.2. The van der Waals surface area contributed by atoms with E-state index in [0.29, 0.717) is 39.3 Å². The van der Waals surface area contributed by atoms with Crippen LogP contribution in [0.3, 0.4) is 0 Å². The first kappa shape index (κ1) is 26.3. The van der Waals surface area contributed by atoms with E-state index in [1.807, 2.05) is 10.6 Å². The van der Waals surface area contributed by atoms with Crippen molar-refractivity contribution in [2.75, 3.05) is 32.5 Å². The van der Waals surface area contributed by atoms with Gasteiger partial charge in [-0.15, -0.1) is 10.2 Å². The van der Waals surface area contributed by atoms with E-state index in [0.717, 1.165) is 31.1 Å². The maximum absolute atomic E-state index is 15.0. The maximum Gasteiger partial charge on any atom is 0.305 e. The summed E-state index contributed by atoms with van der Waals surface area (Å²) in [4.78, 5) is 19.3. The minimum absolute atomic E-state index is 0.142. The molecule has 1 aliphatic rings. The number of halogens is 2. The molecule has 0 saturated heterocycles. The lowest BCUT2D eigenvalue weighted by Gasteiger charge is -2.18. The molecule has 36 heavy (non-hydrogen) atoms. The van der Waals surface area contributed by atoms with Gasteiger partial charge in [0.1, 0.15) is 11.9 Å². The Labute approximate surface area is 219 Å². The van der Waals surface area contributed by atoms with Crippen molar-refractivity contribution in [3.63, 3.8) is 0 Å². The lowest BCUT2D eigenvalue weighted by atomic mass is 10.00. The van der Waals surface area contributed by atoms with Gasteiger partial charge in [0.2, 0.25) is 0 Å². The summed E-state index contributed by atoms with van der Waals surface area (Å²) in [7, 11) is 1.36. The van der Waals surface area contributed by atoms with Crippen LogP contribution in [0.4, 0.5) is 4.39 Å². The Hall–Kier alpha value is -2.75. The van der Waals surface area contributed by atoms with E-state index < -0.39 is 6.04 Å². The second kappa shape index (κ2) is 12.0. The third kappa shape index (κ3) is 5.63. The lowest BCUT2D eigenvalue weighted by Crippen LogP contribution is -2.25. The number of hydrogen-bond acceptors (Lipinski definition) is 7. The molecule has 3 aromatic rings. The van der Waals surface area contributed by atoms with Crippen molar-refractivity contribution in [1.29, 1.82) is 0 Å². The molecule has 0 aliphatic carbocycles. The van der Waals surface area contributed by atoms with Crippen LogP contribution in [0.15, 0.2) is 52.6 Å². The molecule has 4 rings (SSSR count). The number of benzene rings is 2. The minimum atomic E-state index is -0.533. The highest BCUT2D eigenvalue weighted by atomic mass is 35.5. The molecule has 0 fully saturated rings. The number of rotatable bonds is 10. The molecule has 0 N–H and O–H groups in total. The quantitative estimate of drug-likeness (QED) is 0.261. The van der Waals surface area contributed by atoms with Crippen LogP contribution in [0.25, 0.3) is 5.69 Å². The fourth-order valence-electron chi connectivity index (χ4n) is 4.22. The third-order valence-corrected chi connectivity index (χ3v) is 7.35. The zero-order valence-electron chi connectivity index (χ0n) is 20.6. The number of esters is 1. The molecule has 0 saturated carbocycles. The first-order chi connectivity index (χ1) is 17.5. The first-order valence-corrected chi connectivity index (χ1v) is 13.3. The molecule has 0 unspecified atom stereocenters. The molecule has 1 atom stereocenters. The van der Waals surface area contributed by atoms with Crippen LogP contribution >= 0.6 is 23.4 Å². The van der Waals surface area contributed by atoms with Gasteiger partial charge < -0.3 is 9.64 Å². The van der Waals surface area contributed by atoms with E-state index in [9.17, 15) is 4.79 Å².